The SMILES string of the molecule is O=C(Cc1ccc(Nc2ccc(CC(=O)c3ccc4ccn(CCO)c4c3)cc2)cc1)c1ccc(N2CCC(O)CC2)cc1. The Morgan fingerprint density at radius 1 is 0.727 bits per heavy atom. The molecule has 0 aliphatic carbocycles. The number of anilines is 3. The van der Waals surface area contributed by atoms with Crippen LogP contribution in [0, 0.1) is 0 Å². The van der Waals surface area contributed by atoms with Gasteiger partial charge in [-0.3, -0.25) is 9.59 Å². The molecular weight excluding hydrogens is 550 g/mol. The minimum Gasteiger partial charge on any atom is -0.395 e. The number of fused-ring (bicyclic) bond motifs is 1. The zero-order valence-electron chi connectivity index (χ0n) is 24.7. The van der Waals surface area contributed by atoms with Crippen molar-refractivity contribution in [1.82, 2.24) is 4.57 Å². The Bertz CT molecular complexity index is 1730. The fraction of sp³-hybridized carbons (Fsp3) is 0.243. The number of nitrogens with one attached hydrogen (secondary N) is 1. The molecule has 1 fully saturated rings. The van der Waals surface area contributed by atoms with E-state index in [9.17, 15) is 19.8 Å². The van der Waals surface area contributed by atoms with E-state index in [2.05, 4.69) is 10.2 Å². The Morgan fingerprint density at radius 2 is 1.30 bits per heavy atom. The molecule has 0 spiro atoms. The quantitative estimate of drug-likeness (QED) is 0.160. The third kappa shape index (κ3) is 6.91. The van der Waals surface area contributed by atoms with Gasteiger partial charge in [-0.05, 0) is 90.0 Å². The van der Waals surface area contributed by atoms with Gasteiger partial charge in [-0.1, -0.05) is 36.4 Å². The first-order valence-corrected chi connectivity index (χ1v) is 15.2. The first-order valence-electron chi connectivity index (χ1n) is 15.2. The van der Waals surface area contributed by atoms with E-state index in [0.717, 1.165) is 65.0 Å². The second kappa shape index (κ2) is 13.3. The zero-order valence-corrected chi connectivity index (χ0v) is 24.7. The molecule has 0 atom stereocenters. The monoisotopic (exact) mass is 587 g/mol. The highest BCUT2D eigenvalue weighted by Crippen LogP contribution is 2.23. The molecule has 3 N–H and O–H groups in total. The Kier molecular flexibility index (Phi) is 8.86. The molecule has 1 aromatic heterocycles. The lowest BCUT2D eigenvalue weighted by Gasteiger charge is -2.31. The van der Waals surface area contributed by atoms with Crippen LogP contribution in [-0.4, -0.2) is 52.1 Å². The molecule has 1 aliphatic rings. The number of nitrogens with zero attached hydrogens (tertiary/aromatic N) is 2. The van der Waals surface area contributed by atoms with Gasteiger partial charge in [0.15, 0.2) is 11.6 Å². The summed E-state index contributed by atoms with van der Waals surface area (Å²) in [6, 6.07) is 31.2. The maximum Gasteiger partial charge on any atom is 0.167 e. The van der Waals surface area contributed by atoms with E-state index < -0.39 is 0 Å². The molecule has 0 radical (unpaired) electrons. The molecule has 2 heterocycles. The van der Waals surface area contributed by atoms with E-state index in [1.54, 1.807) is 0 Å². The molecule has 6 rings (SSSR count). The largest absolute Gasteiger partial charge is 0.395 e. The summed E-state index contributed by atoms with van der Waals surface area (Å²) in [6.07, 6.45) is 3.91. The Morgan fingerprint density at radius 3 is 1.89 bits per heavy atom. The van der Waals surface area contributed by atoms with Crippen LogP contribution in [0.1, 0.15) is 44.7 Å². The number of piperidine rings is 1. The van der Waals surface area contributed by atoms with Crippen LogP contribution in [0.15, 0.2) is 103 Å². The topological polar surface area (TPSA) is 94.8 Å². The summed E-state index contributed by atoms with van der Waals surface area (Å²) in [5.41, 5.74) is 7.11. The predicted octanol–water partition coefficient (Wildman–Crippen LogP) is 6.19. The molecule has 224 valence electrons. The number of carbonyl (C=O) groups excluding carboxylic acids is 2. The number of aliphatic hydroxyl groups excluding tert-OH is 2. The maximum atomic E-state index is 13.0. The molecule has 5 aromatic rings. The third-order valence-corrected chi connectivity index (χ3v) is 8.38. The average molecular weight is 588 g/mol. The van der Waals surface area contributed by atoms with Crippen molar-refractivity contribution in [2.45, 2.75) is 38.3 Å². The van der Waals surface area contributed by atoms with Crippen molar-refractivity contribution in [3.8, 4) is 0 Å². The molecule has 44 heavy (non-hydrogen) atoms. The molecule has 1 saturated heterocycles. The summed E-state index contributed by atoms with van der Waals surface area (Å²) in [6.45, 7) is 2.21. The van der Waals surface area contributed by atoms with Gasteiger partial charge in [-0.25, -0.2) is 0 Å². The van der Waals surface area contributed by atoms with Crippen LogP contribution in [-0.2, 0) is 19.4 Å². The smallest absolute Gasteiger partial charge is 0.167 e. The van der Waals surface area contributed by atoms with Gasteiger partial charge < -0.3 is 25.0 Å². The molecule has 1 aliphatic heterocycles. The Balaban J connectivity index is 1.01. The van der Waals surface area contributed by atoms with Gasteiger partial charge in [0.2, 0.25) is 0 Å². The second-order valence-electron chi connectivity index (χ2n) is 11.5. The van der Waals surface area contributed by atoms with Gasteiger partial charge >= 0.3 is 0 Å². The summed E-state index contributed by atoms with van der Waals surface area (Å²) in [5, 5.41) is 23.5. The molecule has 0 bridgehead atoms. The molecule has 0 amide bonds. The minimum atomic E-state index is -0.206. The molecule has 4 aromatic carbocycles. The van der Waals surface area contributed by atoms with Crippen LogP contribution in [0.3, 0.4) is 0 Å². The van der Waals surface area contributed by atoms with Crippen molar-refractivity contribution in [1.29, 1.82) is 0 Å². The normalized spacial score (nSPS) is 13.7. The molecule has 7 heteroatoms. The van der Waals surface area contributed by atoms with Crippen molar-refractivity contribution in [3.63, 3.8) is 0 Å². The predicted molar refractivity (Wildman–Crippen MR) is 175 cm³/mol. The lowest BCUT2D eigenvalue weighted by Crippen LogP contribution is -2.35. The number of Topliss-reactive ketones (excluding diaryl/α,β-unsaturated/α-hetero) is 2. The molecule has 0 saturated carbocycles. The van der Waals surface area contributed by atoms with E-state index >= 15 is 0 Å². The van der Waals surface area contributed by atoms with E-state index in [1.807, 2.05) is 108 Å². The van der Waals surface area contributed by atoms with Gasteiger partial charge in [-0.2, -0.15) is 0 Å². The fourth-order valence-electron chi connectivity index (χ4n) is 5.80. The van der Waals surface area contributed by atoms with Crippen molar-refractivity contribution < 1.29 is 19.8 Å². The number of benzene rings is 4. The van der Waals surface area contributed by atoms with Crippen molar-refractivity contribution in [2.24, 2.45) is 0 Å². The van der Waals surface area contributed by atoms with Crippen LogP contribution >= 0.6 is 0 Å². The first kappa shape index (κ1) is 29.4. The average Bonchev–Trinajstić information content (AvgIpc) is 3.45. The fourth-order valence-corrected chi connectivity index (χ4v) is 5.80. The van der Waals surface area contributed by atoms with Crippen LogP contribution in [0.2, 0.25) is 0 Å². The number of rotatable bonds is 11. The number of aliphatic hydroxyl groups is 2. The van der Waals surface area contributed by atoms with Crippen molar-refractivity contribution in [2.75, 3.05) is 29.9 Å². The van der Waals surface area contributed by atoms with Crippen molar-refractivity contribution in [3.05, 3.63) is 126 Å². The number of aromatic nitrogens is 1. The van der Waals surface area contributed by atoms with Gasteiger partial charge in [0.25, 0.3) is 0 Å². The summed E-state index contributed by atoms with van der Waals surface area (Å²) < 4.78 is 1.96. The third-order valence-electron chi connectivity index (χ3n) is 8.38. The number of carbonyl (C=O) groups is 2. The van der Waals surface area contributed by atoms with E-state index in [4.69, 9.17) is 0 Å². The van der Waals surface area contributed by atoms with Crippen LogP contribution in [0.25, 0.3) is 10.9 Å². The Labute approximate surface area is 257 Å². The summed E-state index contributed by atoms with van der Waals surface area (Å²) >= 11 is 0. The van der Waals surface area contributed by atoms with E-state index in [1.165, 1.54) is 0 Å². The lowest BCUT2D eigenvalue weighted by molar-refractivity contribution is 0.0985. The number of ketones is 2. The van der Waals surface area contributed by atoms with Crippen LogP contribution < -0.4 is 10.2 Å². The molecule has 0 unspecified atom stereocenters. The highest BCUT2D eigenvalue weighted by Gasteiger charge is 2.18. The molecular formula is C37H37N3O4. The lowest BCUT2D eigenvalue weighted by atomic mass is 10.0. The van der Waals surface area contributed by atoms with Gasteiger partial charge in [0, 0.05) is 72.4 Å². The minimum absolute atomic E-state index is 0.0492. The highest BCUT2D eigenvalue weighted by molar-refractivity contribution is 6.00. The molecule has 7 nitrogen and oxygen atoms in total. The van der Waals surface area contributed by atoms with Gasteiger partial charge in [0.05, 0.1) is 12.7 Å². The zero-order chi connectivity index (χ0) is 30.5. The first-order chi connectivity index (χ1) is 21.4. The van der Waals surface area contributed by atoms with Gasteiger partial charge in [-0.15, -0.1) is 0 Å². The second-order valence-corrected chi connectivity index (χ2v) is 11.5. The number of hydrogen-bond acceptors (Lipinski definition) is 6. The van der Waals surface area contributed by atoms with Crippen LogP contribution in [0.5, 0.6) is 0 Å². The highest BCUT2D eigenvalue weighted by atomic mass is 16.3. The van der Waals surface area contributed by atoms with Crippen molar-refractivity contribution >= 4 is 39.5 Å². The summed E-state index contributed by atoms with van der Waals surface area (Å²) in [7, 11) is 0. The Hall–Kier alpha value is -4.72. The number of hydrogen-bond donors (Lipinski definition) is 3. The van der Waals surface area contributed by atoms with E-state index in [0.29, 0.717) is 30.5 Å². The maximum absolute atomic E-state index is 13.0. The summed E-state index contributed by atoms with van der Waals surface area (Å²) in [5.74, 6) is 0.128. The van der Waals surface area contributed by atoms with Gasteiger partial charge in [0.1, 0.15) is 0 Å². The van der Waals surface area contributed by atoms with Crippen LogP contribution in [0.4, 0.5) is 17.1 Å². The summed E-state index contributed by atoms with van der Waals surface area (Å²) in [4.78, 5) is 28.2. The standard InChI is InChI=1S/C37H37N3O4/c41-22-21-40-18-15-28-5-6-30(25-35(28)40)37(44)24-27-3-11-32(12-4-27)38-31-9-1-26(2-10-31)23-36(43)29-7-13-33(14-8-29)39-19-16-34(42)17-20-39/h1-15,18,25,34,38,41-42H,16-17,19-24H2. The van der Waals surface area contributed by atoms with E-state index in [-0.39, 0.29) is 24.3 Å².